The number of pyridine rings is 1. The predicted octanol–water partition coefficient (Wildman–Crippen LogP) is 4.60. The molecule has 1 saturated carbocycles. The van der Waals surface area contributed by atoms with Crippen LogP contribution in [0.25, 0.3) is 10.8 Å². The summed E-state index contributed by atoms with van der Waals surface area (Å²) in [6, 6.07) is 13.9. The highest BCUT2D eigenvalue weighted by molar-refractivity contribution is 7.89. The molecule has 168 valence electrons. The second kappa shape index (κ2) is 9.57. The van der Waals surface area contributed by atoms with Gasteiger partial charge in [0.25, 0.3) is 0 Å². The Bertz CT molecular complexity index is 1210. The van der Waals surface area contributed by atoms with Crippen LogP contribution in [0.1, 0.15) is 44.2 Å². The topological polar surface area (TPSA) is 88.2 Å². The number of rotatable bonds is 6. The zero-order valence-electron chi connectivity index (χ0n) is 17.8. The van der Waals surface area contributed by atoms with Gasteiger partial charge in [0, 0.05) is 29.4 Å². The van der Waals surface area contributed by atoms with Gasteiger partial charge in [-0.05, 0) is 79.3 Å². The minimum atomic E-state index is -3.64. The van der Waals surface area contributed by atoms with Crippen LogP contribution in [-0.4, -0.2) is 25.4 Å². The van der Waals surface area contributed by atoms with Crippen molar-refractivity contribution in [2.75, 3.05) is 0 Å². The zero-order chi connectivity index (χ0) is 22.7. The molecule has 0 unspecified atom stereocenters. The molecule has 3 aromatic rings. The molecular weight excluding hydrogens is 446 g/mol. The van der Waals surface area contributed by atoms with E-state index >= 15 is 0 Å². The average molecular weight is 472 g/mol. The lowest BCUT2D eigenvalue weighted by Crippen LogP contribution is -2.41. The largest absolute Gasteiger partial charge is 0.349 e. The Kier molecular flexibility index (Phi) is 6.79. The van der Waals surface area contributed by atoms with Crippen molar-refractivity contribution in [1.29, 1.82) is 0 Å². The number of hydrogen-bond acceptors (Lipinski definition) is 4. The van der Waals surface area contributed by atoms with Gasteiger partial charge in [-0.2, -0.15) is 0 Å². The molecule has 2 N–H and O–H groups in total. The van der Waals surface area contributed by atoms with E-state index in [1.165, 1.54) is 0 Å². The molecule has 0 bridgehead atoms. The van der Waals surface area contributed by atoms with Gasteiger partial charge < -0.3 is 5.32 Å². The van der Waals surface area contributed by atoms with Crippen LogP contribution in [-0.2, 0) is 14.8 Å². The predicted molar refractivity (Wildman–Crippen MR) is 126 cm³/mol. The number of nitrogens with one attached hydrogen (secondary N) is 2. The molecule has 1 atom stereocenters. The third-order valence-electron chi connectivity index (χ3n) is 6.05. The van der Waals surface area contributed by atoms with Gasteiger partial charge in [-0.1, -0.05) is 29.8 Å². The minimum Gasteiger partial charge on any atom is -0.349 e. The number of amides is 1. The Morgan fingerprint density at radius 2 is 1.78 bits per heavy atom. The van der Waals surface area contributed by atoms with Crippen molar-refractivity contribution in [3.05, 3.63) is 71.5 Å². The molecule has 8 heteroatoms. The summed E-state index contributed by atoms with van der Waals surface area (Å²) >= 11 is 6.01. The molecule has 32 heavy (non-hydrogen) atoms. The quantitative estimate of drug-likeness (QED) is 0.549. The lowest BCUT2D eigenvalue weighted by Gasteiger charge is -2.29. The molecule has 4 rings (SSSR count). The molecule has 0 spiro atoms. The molecule has 0 saturated heterocycles. The number of aromatic nitrogens is 1. The van der Waals surface area contributed by atoms with Gasteiger partial charge in [0.1, 0.15) is 0 Å². The number of benzene rings is 2. The first-order chi connectivity index (χ1) is 15.3. The maximum absolute atomic E-state index is 12.9. The van der Waals surface area contributed by atoms with Crippen LogP contribution in [0.15, 0.2) is 65.8 Å². The lowest BCUT2D eigenvalue weighted by atomic mass is 9.85. The normalized spacial score (nSPS) is 20.1. The highest BCUT2D eigenvalue weighted by atomic mass is 35.5. The van der Waals surface area contributed by atoms with Crippen LogP contribution in [0.5, 0.6) is 0 Å². The van der Waals surface area contributed by atoms with Crippen molar-refractivity contribution in [1.82, 2.24) is 15.0 Å². The van der Waals surface area contributed by atoms with Gasteiger partial charge in [0.2, 0.25) is 15.9 Å². The van der Waals surface area contributed by atoms with Gasteiger partial charge >= 0.3 is 0 Å². The van der Waals surface area contributed by atoms with Gasteiger partial charge in [-0.25, -0.2) is 13.1 Å². The zero-order valence-corrected chi connectivity index (χ0v) is 19.4. The molecule has 1 amide bonds. The van der Waals surface area contributed by atoms with Crippen LogP contribution in [0, 0.1) is 5.92 Å². The third kappa shape index (κ3) is 5.28. The summed E-state index contributed by atoms with van der Waals surface area (Å²) < 4.78 is 28.6. The maximum atomic E-state index is 12.9. The molecule has 1 aromatic heterocycles. The van der Waals surface area contributed by atoms with Crippen molar-refractivity contribution < 1.29 is 13.2 Å². The van der Waals surface area contributed by atoms with Gasteiger partial charge in [0.05, 0.1) is 10.9 Å². The molecule has 2 aromatic carbocycles. The number of nitrogens with zero attached hydrogens (tertiary/aromatic N) is 1. The second-order valence-corrected chi connectivity index (χ2v) is 10.5. The monoisotopic (exact) mass is 471 g/mol. The fourth-order valence-electron chi connectivity index (χ4n) is 4.17. The summed E-state index contributed by atoms with van der Waals surface area (Å²) in [6.45, 7) is 1.94. The number of sulfonamides is 1. The summed E-state index contributed by atoms with van der Waals surface area (Å²) in [5.41, 5.74) is 0.958. The van der Waals surface area contributed by atoms with Crippen LogP contribution in [0.2, 0.25) is 5.02 Å². The first-order valence-electron chi connectivity index (χ1n) is 10.7. The van der Waals surface area contributed by atoms with E-state index in [1.807, 2.05) is 31.2 Å². The molecule has 1 heterocycles. The van der Waals surface area contributed by atoms with E-state index in [0.29, 0.717) is 30.7 Å². The van der Waals surface area contributed by atoms with E-state index < -0.39 is 10.0 Å². The molecule has 6 nitrogen and oxygen atoms in total. The first kappa shape index (κ1) is 22.7. The number of halogens is 1. The highest BCUT2D eigenvalue weighted by Gasteiger charge is 2.29. The maximum Gasteiger partial charge on any atom is 0.240 e. The lowest BCUT2D eigenvalue weighted by molar-refractivity contribution is -0.126. The minimum absolute atomic E-state index is 0.0100. The smallest absolute Gasteiger partial charge is 0.240 e. The summed E-state index contributed by atoms with van der Waals surface area (Å²) in [7, 11) is -3.64. The van der Waals surface area contributed by atoms with E-state index in [4.69, 9.17) is 11.6 Å². The molecule has 0 radical (unpaired) electrons. The van der Waals surface area contributed by atoms with Crippen molar-refractivity contribution in [2.24, 2.45) is 5.92 Å². The van der Waals surface area contributed by atoms with Crippen molar-refractivity contribution in [3.8, 4) is 0 Å². The SMILES string of the molecule is C[C@@H](NC(=O)C1CCC(NS(=O)(=O)c2ccc3cc(Cl)ccc3c2)CC1)c1cccnc1. The molecule has 1 aliphatic rings. The highest BCUT2D eigenvalue weighted by Crippen LogP contribution is 2.28. The van der Waals surface area contributed by atoms with E-state index in [-0.39, 0.29) is 28.8 Å². The summed E-state index contributed by atoms with van der Waals surface area (Å²) in [5, 5.41) is 5.37. The Hall–Kier alpha value is -2.48. The molecule has 1 aliphatic carbocycles. The van der Waals surface area contributed by atoms with Crippen molar-refractivity contribution in [2.45, 2.75) is 49.6 Å². The van der Waals surface area contributed by atoms with Gasteiger partial charge in [-0.3, -0.25) is 9.78 Å². The third-order valence-corrected chi connectivity index (χ3v) is 7.80. The van der Waals surface area contributed by atoms with Gasteiger partial charge in [0.15, 0.2) is 0 Å². The fourth-order valence-corrected chi connectivity index (χ4v) is 5.69. The Balaban J connectivity index is 1.34. The van der Waals surface area contributed by atoms with Crippen LogP contribution >= 0.6 is 11.6 Å². The van der Waals surface area contributed by atoms with Crippen LogP contribution < -0.4 is 10.0 Å². The van der Waals surface area contributed by atoms with Crippen molar-refractivity contribution >= 4 is 38.3 Å². The molecule has 0 aliphatic heterocycles. The number of hydrogen-bond donors (Lipinski definition) is 2. The van der Waals surface area contributed by atoms with E-state index in [9.17, 15) is 13.2 Å². The standard InChI is InChI=1S/C24H26ClN3O3S/c1-16(20-3-2-12-26-15-20)27-24(29)17-5-9-22(10-6-17)28-32(30,31)23-11-7-18-13-21(25)8-4-19(18)14-23/h2-4,7-8,11-17,22,28H,5-6,9-10H2,1H3,(H,27,29)/t16-,17?,22?/m1/s1. The van der Waals surface area contributed by atoms with Crippen molar-refractivity contribution in [3.63, 3.8) is 0 Å². The number of carbonyl (C=O) groups is 1. The molecular formula is C24H26ClN3O3S. The number of fused-ring (bicyclic) bond motifs is 1. The number of carbonyl (C=O) groups excluding carboxylic acids is 1. The summed E-state index contributed by atoms with van der Waals surface area (Å²) in [6.07, 6.45) is 6.00. The molecule has 1 fully saturated rings. The Morgan fingerprint density at radius 1 is 1.06 bits per heavy atom. The summed E-state index contributed by atoms with van der Waals surface area (Å²) in [4.78, 5) is 17.0. The fraction of sp³-hybridized carbons (Fsp3) is 0.333. The second-order valence-electron chi connectivity index (χ2n) is 8.34. The Morgan fingerprint density at radius 3 is 2.50 bits per heavy atom. The summed E-state index contributed by atoms with van der Waals surface area (Å²) in [5.74, 6) is -0.101. The van der Waals surface area contributed by atoms with Gasteiger partial charge in [-0.15, -0.1) is 0 Å². The van der Waals surface area contributed by atoms with E-state index in [1.54, 1.807) is 36.7 Å². The van der Waals surface area contributed by atoms with Crippen LogP contribution in [0.4, 0.5) is 0 Å². The Labute approximate surface area is 193 Å². The first-order valence-corrected chi connectivity index (χ1v) is 12.6. The van der Waals surface area contributed by atoms with Crippen LogP contribution in [0.3, 0.4) is 0 Å². The van der Waals surface area contributed by atoms with E-state index in [2.05, 4.69) is 15.0 Å². The van der Waals surface area contributed by atoms with E-state index in [0.717, 1.165) is 16.3 Å². The average Bonchev–Trinajstić information content (AvgIpc) is 2.79.